The fourth-order valence-corrected chi connectivity index (χ4v) is 2.43. The highest BCUT2D eigenvalue weighted by molar-refractivity contribution is 8.00. The van der Waals surface area contributed by atoms with E-state index in [2.05, 4.69) is 5.32 Å². The van der Waals surface area contributed by atoms with E-state index in [1.54, 1.807) is 30.3 Å². The average Bonchev–Trinajstić information content (AvgIpc) is 2.45. The maximum Gasteiger partial charge on any atom is 0.234 e. The normalized spacial score (nSPS) is 9.90. The third kappa shape index (κ3) is 4.51. The minimum absolute atomic E-state index is 0.142. The second kappa shape index (κ2) is 6.77. The summed E-state index contributed by atoms with van der Waals surface area (Å²) in [6.45, 7) is 0. The van der Waals surface area contributed by atoms with Crippen LogP contribution in [0.4, 0.5) is 15.8 Å². The predicted molar refractivity (Wildman–Crippen MR) is 81.3 cm³/mol. The van der Waals surface area contributed by atoms with Crippen LogP contribution in [0.25, 0.3) is 0 Å². The van der Waals surface area contributed by atoms with Crippen LogP contribution < -0.4 is 11.1 Å². The molecule has 106 valence electrons. The van der Waals surface area contributed by atoms with Crippen molar-refractivity contribution in [3.05, 3.63) is 53.8 Å². The molecule has 4 nitrogen and oxygen atoms in total. The van der Waals surface area contributed by atoms with E-state index in [0.717, 1.165) is 0 Å². The molecule has 0 saturated heterocycles. The maximum absolute atomic E-state index is 13.2. The Labute approximate surface area is 125 Å². The molecule has 6 heteroatoms. The number of anilines is 2. The van der Waals surface area contributed by atoms with Crippen molar-refractivity contribution in [1.82, 2.24) is 0 Å². The van der Waals surface area contributed by atoms with Crippen LogP contribution in [-0.2, 0) is 4.79 Å². The summed E-state index contributed by atoms with van der Waals surface area (Å²) in [5.41, 5.74) is 7.00. The molecule has 2 rings (SSSR count). The number of amides is 1. The first-order valence-corrected chi connectivity index (χ1v) is 7.04. The van der Waals surface area contributed by atoms with Gasteiger partial charge in [-0.1, -0.05) is 0 Å². The summed E-state index contributed by atoms with van der Waals surface area (Å²) in [7, 11) is 0. The number of carbonyl (C=O) groups is 1. The fourth-order valence-electron chi connectivity index (χ4n) is 1.64. The summed E-state index contributed by atoms with van der Waals surface area (Å²) < 4.78 is 13.2. The number of nitrogens with two attached hydrogens (primary N) is 1. The first-order chi connectivity index (χ1) is 10.1. The standard InChI is InChI=1S/C15H12FN3OS/c16-11-5-12(18)7-14(6-11)21-9-15(20)19-13-3-1-10(8-17)2-4-13/h1-7H,9,18H2,(H,19,20). The molecule has 0 saturated carbocycles. The lowest BCUT2D eigenvalue weighted by Gasteiger charge is -2.06. The van der Waals surface area contributed by atoms with Crippen molar-refractivity contribution < 1.29 is 9.18 Å². The van der Waals surface area contributed by atoms with Crippen molar-refractivity contribution in [1.29, 1.82) is 5.26 Å². The Hall–Kier alpha value is -2.52. The van der Waals surface area contributed by atoms with Crippen LogP contribution in [0, 0.1) is 17.1 Å². The third-order valence-corrected chi connectivity index (χ3v) is 3.54. The van der Waals surface area contributed by atoms with Crippen molar-refractivity contribution >= 4 is 29.0 Å². The van der Waals surface area contributed by atoms with E-state index in [1.807, 2.05) is 6.07 Å². The Morgan fingerprint density at radius 1 is 1.29 bits per heavy atom. The van der Waals surface area contributed by atoms with Gasteiger partial charge in [0.25, 0.3) is 0 Å². The number of hydrogen-bond donors (Lipinski definition) is 2. The summed E-state index contributed by atoms with van der Waals surface area (Å²) in [6.07, 6.45) is 0. The minimum atomic E-state index is -0.426. The van der Waals surface area contributed by atoms with E-state index in [0.29, 0.717) is 21.8 Å². The van der Waals surface area contributed by atoms with E-state index in [-0.39, 0.29) is 11.7 Å². The number of halogens is 1. The lowest BCUT2D eigenvalue weighted by Crippen LogP contribution is -2.13. The molecular weight excluding hydrogens is 289 g/mol. The first kappa shape index (κ1) is 14.9. The van der Waals surface area contributed by atoms with Gasteiger partial charge in [0.2, 0.25) is 5.91 Å². The number of nitrogens with zero attached hydrogens (tertiary/aromatic N) is 1. The number of nitrogen functional groups attached to an aromatic ring is 1. The molecule has 1 amide bonds. The second-order valence-corrected chi connectivity index (χ2v) is 5.30. The summed E-state index contributed by atoms with van der Waals surface area (Å²) >= 11 is 1.20. The van der Waals surface area contributed by atoms with Gasteiger partial charge in [-0.2, -0.15) is 5.26 Å². The molecule has 0 aromatic heterocycles. The number of benzene rings is 2. The average molecular weight is 301 g/mol. The van der Waals surface area contributed by atoms with Crippen LogP contribution in [0.1, 0.15) is 5.56 Å². The van der Waals surface area contributed by atoms with Gasteiger partial charge in [-0.3, -0.25) is 4.79 Å². The molecule has 0 bridgehead atoms. The molecule has 0 spiro atoms. The number of carbonyl (C=O) groups excluding carboxylic acids is 1. The topological polar surface area (TPSA) is 78.9 Å². The van der Waals surface area contributed by atoms with Gasteiger partial charge < -0.3 is 11.1 Å². The number of hydrogen-bond acceptors (Lipinski definition) is 4. The lowest BCUT2D eigenvalue weighted by atomic mass is 10.2. The second-order valence-electron chi connectivity index (χ2n) is 4.25. The van der Waals surface area contributed by atoms with Crippen molar-refractivity contribution in [2.75, 3.05) is 16.8 Å². The number of nitrogens with one attached hydrogen (secondary N) is 1. The Bertz CT molecular complexity index is 675. The van der Waals surface area contributed by atoms with Gasteiger partial charge in [0, 0.05) is 16.3 Å². The van der Waals surface area contributed by atoms with Crippen molar-refractivity contribution in [3.63, 3.8) is 0 Å². The van der Waals surface area contributed by atoms with Gasteiger partial charge in [-0.05, 0) is 42.5 Å². The predicted octanol–water partition coefficient (Wildman–Crippen LogP) is 3.01. The van der Waals surface area contributed by atoms with E-state index >= 15 is 0 Å². The summed E-state index contributed by atoms with van der Waals surface area (Å²) in [6, 6.07) is 12.7. The zero-order valence-corrected chi connectivity index (χ0v) is 11.8. The Balaban J connectivity index is 1.91. The van der Waals surface area contributed by atoms with Crippen LogP contribution in [0.5, 0.6) is 0 Å². The van der Waals surface area contributed by atoms with Gasteiger partial charge in [0.05, 0.1) is 17.4 Å². The molecule has 21 heavy (non-hydrogen) atoms. The summed E-state index contributed by atoms with van der Waals surface area (Å²) in [5.74, 6) is -0.499. The third-order valence-electron chi connectivity index (χ3n) is 2.56. The zero-order valence-electron chi connectivity index (χ0n) is 11.0. The molecular formula is C15H12FN3OS. The van der Waals surface area contributed by atoms with Crippen LogP contribution >= 0.6 is 11.8 Å². The lowest BCUT2D eigenvalue weighted by molar-refractivity contribution is -0.113. The van der Waals surface area contributed by atoms with E-state index < -0.39 is 5.82 Å². The molecule has 2 aromatic carbocycles. The number of thioether (sulfide) groups is 1. The van der Waals surface area contributed by atoms with Crippen molar-refractivity contribution in [2.45, 2.75) is 4.90 Å². The smallest absolute Gasteiger partial charge is 0.234 e. The van der Waals surface area contributed by atoms with Crippen molar-refractivity contribution in [2.24, 2.45) is 0 Å². The summed E-state index contributed by atoms with van der Waals surface area (Å²) in [4.78, 5) is 12.4. The largest absolute Gasteiger partial charge is 0.399 e. The monoisotopic (exact) mass is 301 g/mol. The van der Waals surface area contributed by atoms with Gasteiger partial charge >= 0.3 is 0 Å². The Morgan fingerprint density at radius 2 is 2.00 bits per heavy atom. The van der Waals surface area contributed by atoms with E-state index in [1.165, 1.54) is 23.9 Å². The molecule has 0 aliphatic heterocycles. The molecule has 0 radical (unpaired) electrons. The highest BCUT2D eigenvalue weighted by atomic mass is 32.2. The molecule has 0 unspecified atom stereocenters. The maximum atomic E-state index is 13.2. The molecule has 0 aliphatic carbocycles. The number of nitriles is 1. The van der Waals surface area contributed by atoms with Crippen LogP contribution in [0.2, 0.25) is 0 Å². The molecule has 0 heterocycles. The number of rotatable bonds is 4. The molecule has 3 N–H and O–H groups in total. The van der Waals surface area contributed by atoms with Crippen molar-refractivity contribution in [3.8, 4) is 6.07 Å². The highest BCUT2D eigenvalue weighted by Crippen LogP contribution is 2.22. The fraction of sp³-hybridized carbons (Fsp3) is 0.0667. The highest BCUT2D eigenvalue weighted by Gasteiger charge is 2.05. The Kier molecular flexibility index (Phi) is 4.80. The quantitative estimate of drug-likeness (QED) is 0.672. The molecule has 0 fully saturated rings. The first-order valence-electron chi connectivity index (χ1n) is 6.06. The minimum Gasteiger partial charge on any atom is -0.399 e. The van der Waals surface area contributed by atoms with Crippen LogP contribution in [0.15, 0.2) is 47.4 Å². The van der Waals surface area contributed by atoms with E-state index in [9.17, 15) is 9.18 Å². The molecule has 0 aliphatic rings. The Morgan fingerprint density at radius 3 is 2.62 bits per heavy atom. The van der Waals surface area contributed by atoms with Crippen LogP contribution in [0.3, 0.4) is 0 Å². The van der Waals surface area contributed by atoms with Crippen LogP contribution in [-0.4, -0.2) is 11.7 Å². The SMILES string of the molecule is N#Cc1ccc(NC(=O)CSc2cc(N)cc(F)c2)cc1. The zero-order chi connectivity index (χ0) is 15.2. The van der Waals surface area contributed by atoms with Gasteiger partial charge in [0.15, 0.2) is 0 Å². The van der Waals surface area contributed by atoms with Gasteiger partial charge in [0.1, 0.15) is 5.82 Å². The van der Waals surface area contributed by atoms with Gasteiger partial charge in [-0.15, -0.1) is 11.8 Å². The van der Waals surface area contributed by atoms with E-state index in [4.69, 9.17) is 11.0 Å². The molecule has 2 aromatic rings. The molecule has 0 atom stereocenters. The van der Waals surface area contributed by atoms with Gasteiger partial charge in [-0.25, -0.2) is 4.39 Å². The summed E-state index contributed by atoms with van der Waals surface area (Å²) in [5, 5.41) is 11.4.